The molecule has 0 aromatic heterocycles. The normalized spacial score (nSPS) is 20.8. The summed E-state index contributed by atoms with van der Waals surface area (Å²) in [5, 5.41) is 0. The van der Waals surface area contributed by atoms with Crippen LogP contribution in [0.4, 0.5) is 0 Å². The van der Waals surface area contributed by atoms with Gasteiger partial charge < -0.3 is 9.47 Å². The number of fused-ring (bicyclic) bond motifs is 3. The Morgan fingerprint density at radius 2 is 1.86 bits per heavy atom. The Balaban J connectivity index is 1.50. The van der Waals surface area contributed by atoms with Crippen LogP contribution >= 0.6 is 0 Å². The van der Waals surface area contributed by atoms with Gasteiger partial charge in [-0.25, -0.2) is 0 Å². The number of hydrogen-bond donors (Lipinski definition) is 0. The highest BCUT2D eigenvalue weighted by molar-refractivity contribution is 6.15. The van der Waals surface area contributed by atoms with Crippen LogP contribution < -0.4 is 9.47 Å². The number of ether oxygens (including phenoxy) is 2. The molecule has 0 saturated heterocycles. The second kappa shape index (κ2) is 6.78. The Hall–Kier alpha value is -2.59. The zero-order valence-electron chi connectivity index (χ0n) is 16.5. The van der Waals surface area contributed by atoms with Gasteiger partial charge in [0.05, 0.1) is 11.1 Å². The van der Waals surface area contributed by atoms with Crippen molar-refractivity contribution in [2.45, 2.75) is 52.1 Å². The summed E-state index contributed by atoms with van der Waals surface area (Å²) in [6.45, 7) is 5.42. The monoisotopic (exact) mass is 375 g/mol. The fraction of sp³-hybridized carbons (Fsp3) is 0.375. The van der Waals surface area contributed by atoms with Gasteiger partial charge in [0, 0.05) is 12.6 Å². The first-order valence-electron chi connectivity index (χ1n) is 10.1. The third-order valence-electron chi connectivity index (χ3n) is 6.17. The largest absolute Gasteiger partial charge is 0.478 e. The summed E-state index contributed by atoms with van der Waals surface area (Å²) < 4.78 is 12.2. The van der Waals surface area contributed by atoms with Crippen LogP contribution in [0.15, 0.2) is 36.1 Å². The highest BCUT2D eigenvalue weighted by Crippen LogP contribution is 2.44. The molecule has 1 aliphatic carbocycles. The number of allylic oxidation sites excluding steroid dienone is 1. The van der Waals surface area contributed by atoms with Crippen LogP contribution in [0.2, 0.25) is 0 Å². The summed E-state index contributed by atoms with van der Waals surface area (Å²) in [6.07, 6.45) is 6.87. The third-order valence-corrected chi connectivity index (χ3v) is 6.17. The lowest BCUT2D eigenvalue weighted by molar-refractivity contribution is 0.0567. The van der Waals surface area contributed by atoms with Crippen molar-refractivity contribution in [3.8, 4) is 11.5 Å². The summed E-state index contributed by atoms with van der Waals surface area (Å²) in [6, 6.07) is 10.7. The lowest BCUT2D eigenvalue weighted by Gasteiger charge is -2.34. The first-order valence-corrected chi connectivity index (χ1v) is 10.1. The standard InChI is InChI=1S/C24H25NO3/c1-15-7-9-17(10-8-15)12-21-23(26)22-16(2)11-20-19(24(22)28-21)13-25(14-27-20)18-5-3-4-6-18/h7-12,18H,3-6,13-14H2,1-2H3/b21-12-. The molecule has 0 unspecified atom stereocenters. The van der Waals surface area contributed by atoms with Crippen LogP contribution in [0, 0.1) is 13.8 Å². The van der Waals surface area contributed by atoms with E-state index in [9.17, 15) is 4.79 Å². The zero-order valence-corrected chi connectivity index (χ0v) is 16.5. The van der Waals surface area contributed by atoms with Crippen molar-refractivity contribution in [2.75, 3.05) is 6.73 Å². The molecule has 0 bridgehead atoms. The zero-order chi connectivity index (χ0) is 19.3. The van der Waals surface area contributed by atoms with Crippen LogP contribution in [0.5, 0.6) is 11.5 Å². The van der Waals surface area contributed by atoms with Crippen molar-refractivity contribution in [2.24, 2.45) is 0 Å². The maximum atomic E-state index is 13.1. The van der Waals surface area contributed by atoms with Gasteiger partial charge in [-0.2, -0.15) is 0 Å². The Kier molecular flexibility index (Phi) is 4.24. The summed E-state index contributed by atoms with van der Waals surface area (Å²) in [5.41, 5.74) is 4.78. The minimum Gasteiger partial charge on any atom is -0.478 e. The van der Waals surface area contributed by atoms with E-state index in [0.717, 1.165) is 29.0 Å². The molecule has 4 nitrogen and oxygen atoms in total. The predicted octanol–water partition coefficient (Wildman–Crippen LogP) is 5.01. The first-order chi connectivity index (χ1) is 13.6. The molecule has 2 heterocycles. The molecular weight excluding hydrogens is 350 g/mol. The van der Waals surface area contributed by atoms with Gasteiger partial charge in [0.2, 0.25) is 5.78 Å². The minimum atomic E-state index is -0.0335. The quantitative estimate of drug-likeness (QED) is 0.692. The average molecular weight is 375 g/mol. The summed E-state index contributed by atoms with van der Waals surface area (Å²) in [7, 11) is 0. The number of hydrogen-bond acceptors (Lipinski definition) is 4. The Bertz CT molecular complexity index is 968. The van der Waals surface area contributed by atoms with Gasteiger partial charge >= 0.3 is 0 Å². The molecule has 2 aliphatic heterocycles. The molecule has 1 fully saturated rings. The van der Waals surface area contributed by atoms with Gasteiger partial charge in [0.25, 0.3) is 0 Å². The molecular formula is C24H25NO3. The molecule has 144 valence electrons. The van der Waals surface area contributed by atoms with E-state index in [2.05, 4.69) is 11.8 Å². The SMILES string of the molecule is Cc1ccc(/C=C2\Oc3c4c(cc(C)c3C2=O)OCN(C2CCCC2)C4)cc1. The topological polar surface area (TPSA) is 38.8 Å². The molecule has 2 aromatic carbocycles. The molecule has 4 heteroatoms. The van der Waals surface area contributed by atoms with Crippen molar-refractivity contribution in [1.29, 1.82) is 0 Å². The highest BCUT2D eigenvalue weighted by Gasteiger charge is 2.36. The van der Waals surface area contributed by atoms with Gasteiger partial charge in [-0.3, -0.25) is 9.69 Å². The Morgan fingerprint density at radius 3 is 2.61 bits per heavy atom. The summed E-state index contributed by atoms with van der Waals surface area (Å²) in [4.78, 5) is 15.5. The number of Topliss-reactive ketones (excluding diaryl/α,β-unsaturated/α-hetero) is 1. The maximum absolute atomic E-state index is 13.1. The van der Waals surface area contributed by atoms with Crippen molar-refractivity contribution in [3.05, 3.63) is 63.9 Å². The minimum absolute atomic E-state index is 0.0335. The van der Waals surface area contributed by atoms with Crippen molar-refractivity contribution in [1.82, 2.24) is 4.90 Å². The Morgan fingerprint density at radius 1 is 1.11 bits per heavy atom. The van der Waals surface area contributed by atoms with Gasteiger partial charge in [-0.15, -0.1) is 0 Å². The predicted molar refractivity (Wildman–Crippen MR) is 109 cm³/mol. The second-order valence-electron chi connectivity index (χ2n) is 8.18. The lowest BCUT2D eigenvalue weighted by Crippen LogP contribution is -2.39. The van der Waals surface area contributed by atoms with Crippen LogP contribution in [0.3, 0.4) is 0 Å². The van der Waals surface area contributed by atoms with Gasteiger partial charge in [-0.05, 0) is 50.0 Å². The molecule has 0 amide bonds. The molecule has 0 spiro atoms. The molecule has 1 saturated carbocycles. The lowest BCUT2D eigenvalue weighted by atomic mass is 9.98. The average Bonchev–Trinajstić information content (AvgIpc) is 3.33. The third kappa shape index (κ3) is 2.92. The second-order valence-corrected chi connectivity index (χ2v) is 8.18. The van der Waals surface area contributed by atoms with E-state index in [1.807, 2.05) is 43.3 Å². The summed E-state index contributed by atoms with van der Waals surface area (Å²) in [5.74, 6) is 1.91. The van der Waals surface area contributed by atoms with E-state index >= 15 is 0 Å². The molecule has 0 radical (unpaired) electrons. The van der Waals surface area contributed by atoms with E-state index in [0.29, 0.717) is 29.8 Å². The van der Waals surface area contributed by atoms with Crippen LogP contribution in [-0.4, -0.2) is 23.5 Å². The van der Waals surface area contributed by atoms with Gasteiger partial charge in [0.15, 0.2) is 5.76 Å². The van der Waals surface area contributed by atoms with E-state index in [1.54, 1.807) is 0 Å². The summed E-state index contributed by atoms with van der Waals surface area (Å²) >= 11 is 0. The smallest absolute Gasteiger partial charge is 0.232 e. The van der Waals surface area contributed by atoms with Crippen molar-refractivity contribution in [3.63, 3.8) is 0 Å². The fourth-order valence-corrected chi connectivity index (χ4v) is 4.56. The van der Waals surface area contributed by atoms with Crippen LogP contribution in [-0.2, 0) is 6.54 Å². The molecule has 28 heavy (non-hydrogen) atoms. The number of nitrogens with zero attached hydrogens (tertiary/aromatic N) is 1. The number of carbonyl (C=O) groups excluding carboxylic acids is 1. The van der Waals surface area contributed by atoms with Gasteiger partial charge in [-0.1, -0.05) is 42.7 Å². The van der Waals surface area contributed by atoms with Crippen LogP contribution in [0.25, 0.3) is 6.08 Å². The molecule has 3 aliphatic rings. The number of ketones is 1. The first kappa shape index (κ1) is 17.5. The number of benzene rings is 2. The number of aryl methyl sites for hydroxylation is 2. The van der Waals surface area contributed by atoms with E-state index in [1.165, 1.54) is 31.2 Å². The molecule has 0 N–H and O–H groups in total. The van der Waals surface area contributed by atoms with Crippen LogP contribution in [0.1, 0.15) is 58.3 Å². The Labute approximate surface area is 165 Å². The highest BCUT2D eigenvalue weighted by atomic mass is 16.5. The number of rotatable bonds is 2. The van der Waals surface area contributed by atoms with E-state index in [-0.39, 0.29) is 5.78 Å². The molecule has 5 rings (SSSR count). The van der Waals surface area contributed by atoms with E-state index < -0.39 is 0 Å². The molecule has 2 aromatic rings. The van der Waals surface area contributed by atoms with Crippen molar-refractivity contribution < 1.29 is 14.3 Å². The van der Waals surface area contributed by atoms with E-state index in [4.69, 9.17) is 9.47 Å². The number of carbonyl (C=O) groups is 1. The van der Waals surface area contributed by atoms with Gasteiger partial charge in [0.1, 0.15) is 18.2 Å². The fourth-order valence-electron chi connectivity index (χ4n) is 4.56. The molecule has 0 atom stereocenters. The maximum Gasteiger partial charge on any atom is 0.232 e. The van der Waals surface area contributed by atoms with Crippen molar-refractivity contribution >= 4 is 11.9 Å².